The Bertz CT molecular complexity index is 1250. The zero-order chi connectivity index (χ0) is 24.2. The normalized spacial score (nSPS) is 16.1. The number of amidine groups is 1. The molecule has 1 amide bonds. The predicted molar refractivity (Wildman–Crippen MR) is 141 cm³/mol. The molecule has 0 bridgehead atoms. The number of thioether (sulfide) groups is 1. The van der Waals surface area contributed by atoms with Gasteiger partial charge >= 0.3 is 0 Å². The molecule has 1 fully saturated rings. The molecule has 0 N–H and O–H groups in total. The quantitative estimate of drug-likeness (QED) is 0.366. The Morgan fingerprint density at radius 1 is 0.941 bits per heavy atom. The second kappa shape index (κ2) is 10.2. The molecule has 34 heavy (non-hydrogen) atoms. The number of methoxy groups -OCH3 is 1. The number of rotatable bonds is 6. The van der Waals surface area contributed by atoms with E-state index in [0.29, 0.717) is 21.6 Å². The van der Waals surface area contributed by atoms with Crippen LogP contribution in [0, 0.1) is 13.8 Å². The molecule has 0 unspecified atom stereocenters. The van der Waals surface area contributed by atoms with Crippen LogP contribution in [0.1, 0.15) is 30.5 Å². The molecule has 0 radical (unpaired) electrons. The smallest absolute Gasteiger partial charge is 0.271 e. The lowest BCUT2D eigenvalue weighted by molar-refractivity contribution is -0.113. The topological polar surface area (TPSA) is 51.1 Å². The summed E-state index contributed by atoms with van der Waals surface area (Å²) in [7, 11) is 1.61. The van der Waals surface area contributed by atoms with Gasteiger partial charge in [-0.3, -0.25) is 9.69 Å². The van der Waals surface area contributed by atoms with E-state index >= 15 is 0 Å². The Balaban J connectivity index is 1.76. The van der Waals surface area contributed by atoms with Crippen molar-refractivity contribution in [3.8, 4) is 11.5 Å². The Morgan fingerprint density at radius 3 is 2.29 bits per heavy atom. The van der Waals surface area contributed by atoms with Crippen LogP contribution in [0.4, 0.5) is 11.4 Å². The van der Waals surface area contributed by atoms with Crippen molar-refractivity contribution in [3.05, 3.63) is 88.3 Å². The van der Waals surface area contributed by atoms with Gasteiger partial charge in [-0.25, -0.2) is 4.99 Å². The van der Waals surface area contributed by atoms with Crippen LogP contribution in [0.5, 0.6) is 11.5 Å². The van der Waals surface area contributed by atoms with E-state index in [1.165, 1.54) is 11.8 Å². The van der Waals surface area contributed by atoms with Crippen LogP contribution in [-0.2, 0) is 4.79 Å². The van der Waals surface area contributed by atoms with Gasteiger partial charge in [-0.1, -0.05) is 42.5 Å². The maximum atomic E-state index is 13.5. The van der Waals surface area contributed by atoms with Gasteiger partial charge < -0.3 is 9.47 Å². The van der Waals surface area contributed by atoms with Gasteiger partial charge in [0.1, 0.15) is 0 Å². The van der Waals surface area contributed by atoms with E-state index in [0.717, 1.165) is 28.1 Å². The molecule has 0 spiro atoms. The lowest BCUT2D eigenvalue weighted by atomic mass is 10.1. The second-order valence-electron chi connectivity index (χ2n) is 8.30. The average Bonchev–Trinajstić information content (AvgIpc) is 3.12. The monoisotopic (exact) mass is 472 g/mol. The molecule has 1 aliphatic rings. The highest BCUT2D eigenvalue weighted by atomic mass is 32.2. The Kier molecular flexibility index (Phi) is 7.08. The highest BCUT2D eigenvalue weighted by Crippen LogP contribution is 2.39. The molecule has 4 rings (SSSR count). The van der Waals surface area contributed by atoms with Gasteiger partial charge in [0.05, 0.1) is 29.5 Å². The number of carbonyl (C=O) groups excluding carboxylic acids is 1. The van der Waals surface area contributed by atoms with Gasteiger partial charge in [0.25, 0.3) is 5.91 Å². The first-order chi connectivity index (χ1) is 16.4. The van der Waals surface area contributed by atoms with Gasteiger partial charge in [0.2, 0.25) is 0 Å². The van der Waals surface area contributed by atoms with Gasteiger partial charge in [-0.05, 0) is 86.5 Å². The Hall–Kier alpha value is -3.51. The number of hydrogen-bond acceptors (Lipinski definition) is 5. The summed E-state index contributed by atoms with van der Waals surface area (Å²) in [5.74, 6) is 1.19. The van der Waals surface area contributed by atoms with E-state index in [9.17, 15) is 4.79 Å². The number of carbonyl (C=O) groups is 1. The minimum absolute atomic E-state index is 0.0353. The number of ether oxygens (including phenoxy) is 2. The van der Waals surface area contributed by atoms with E-state index in [2.05, 4.69) is 0 Å². The molecule has 0 saturated carbocycles. The third kappa shape index (κ3) is 5.02. The fourth-order valence-corrected chi connectivity index (χ4v) is 4.69. The van der Waals surface area contributed by atoms with E-state index in [-0.39, 0.29) is 12.0 Å². The standard InChI is InChI=1S/C28H28N2O3S/c1-18(2)33-23-15-14-21(16-24(23)32-5)17-25-27(31)30(22-12-7-6-8-13-22)28(34-25)29-26-19(3)10-9-11-20(26)4/h6-18H,1-5H3. The van der Waals surface area contributed by atoms with Gasteiger partial charge in [-0.2, -0.15) is 0 Å². The molecule has 5 nitrogen and oxygen atoms in total. The minimum atomic E-state index is -0.109. The van der Waals surface area contributed by atoms with E-state index < -0.39 is 0 Å². The van der Waals surface area contributed by atoms with Crippen molar-refractivity contribution in [3.63, 3.8) is 0 Å². The second-order valence-corrected chi connectivity index (χ2v) is 9.31. The minimum Gasteiger partial charge on any atom is -0.493 e. The fourth-order valence-electron chi connectivity index (χ4n) is 3.71. The summed E-state index contributed by atoms with van der Waals surface area (Å²) in [6.07, 6.45) is 1.91. The highest BCUT2D eigenvalue weighted by Gasteiger charge is 2.35. The van der Waals surface area contributed by atoms with E-state index in [1.54, 1.807) is 12.0 Å². The summed E-state index contributed by atoms with van der Waals surface area (Å²) in [5.41, 5.74) is 4.65. The van der Waals surface area contributed by atoms with Crippen molar-refractivity contribution in [2.75, 3.05) is 12.0 Å². The number of aliphatic imine (C=N–C) groups is 1. The number of benzene rings is 3. The molecule has 0 aromatic heterocycles. The first-order valence-electron chi connectivity index (χ1n) is 11.2. The van der Waals surface area contributed by atoms with Crippen LogP contribution in [-0.4, -0.2) is 24.3 Å². The number of amides is 1. The maximum Gasteiger partial charge on any atom is 0.271 e. The number of nitrogens with zero attached hydrogens (tertiary/aromatic N) is 2. The predicted octanol–water partition coefficient (Wildman–Crippen LogP) is 6.91. The third-order valence-electron chi connectivity index (χ3n) is 5.32. The summed E-state index contributed by atoms with van der Waals surface area (Å²) in [6, 6.07) is 21.4. The number of aryl methyl sites for hydroxylation is 2. The van der Waals surface area contributed by atoms with Crippen LogP contribution in [0.2, 0.25) is 0 Å². The molecule has 3 aromatic rings. The van der Waals surface area contributed by atoms with Gasteiger partial charge in [-0.15, -0.1) is 0 Å². The molecule has 6 heteroatoms. The number of para-hydroxylation sites is 2. The van der Waals surface area contributed by atoms with Crippen LogP contribution in [0.15, 0.2) is 76.6 Å². The van der Waals surface area contributed by atoms with Crippen molar-refractivity contribution in [1.82, 2.24) is 0 Å². The highest BCUT2D eigenvalue weighted by molar-refractivity contribution is 8.19. The van der Waals surface area contributed by atoms with Crippen molar-refractivity contribution in [1.29, 1.82) is 0 Å². The molecular weight excluding hydrogens is 444 g/mol. The molecule has 1 aliphatic heterocycles. The average molecular weight is 473 g/mol. The Morgan fingerprint density at radius 2 is 1.65 bits per heavy atom. The first-order valence-corrected chi connectivity index (χ1v) is 12.0. The molecule has 174 valence electrons. The van der Waals surface area contributed by atoms with Crippen molar-refractivity contribution < 1.29 is 14.3 Å². The van der Waals surface area contributed by atoms with Crippen LogP contribution >= 0.6 is 11.8 Å². The fraction of sp³-hybridized carbons (Fsp3) is 0.214. The molecular formula is C28H28N2O3S. The summed E-state index contributed by atoms with van der Waals surface area (Å²) in [6.45, 7) is 8.01. The lowest BCUT2D eigenvalue weighted by Crippen LogP contribution is -2.28. The lowest BCUT2D eigenvalue weighted by Gasteiger charge is -2.16. The molecule has 0 atom stereocenters. The van der Waals surface area contributed by atoms with E-state index in [1.807, 2.05) is 101 Å². The van der Waals surface area contributed by atoms with E-state index in [4.69, 9.17) is 14.5 Å². The van der Waals surface area contributed by atoms with Crippen molar-refractivity contribution >= 4 is 40.3 Å². The summed E-state index contributed by atoms with van der Waals surface area (Å²) >= 11 is 1.37. The molecule has 1 saturated heterocycles. The van der Waals surface area contributed by atoms with Crippen LogP contribution in [0.25, 0.3) is 6.08 Å². The zero-order valence-electron chi connectivity index (χ0n) is 20.0. The SMILES string of the molecule is COc1cc(C=C2SC(=Nc3c(C)cccc3C)N(c3ccccc3)C2=O)ccc1OC(C)C. The third-order valence-corrected chi connectivity index (χ3v) is 6.28. The maximum absolute atomic E-state index is 13.5. The summed E-state index contributed by atoms with van der Waals surface area (Å²) < 4.78 is 11.3. The molecule has 3 aromatic carbocycles. The molecule has 0 aliphatic carbocycles. The summed E-state index contributed by atoms with van der Waals surface area (Å²) in [4.78, 5) is 20.8. The van der Waals surface area contributed by atoms with Gasteiger partial charge in [0.15, 0.2) is 16.7 Å². The molecule has 1 heterocycles. The van der Waals surface area contributed by atoms with Crippen LogP contribution < -0.4 is 14.4 Å². The van der Waals surface area contributed by atoms with Gasteiger partial charge in [0, 0.05) is 0 Å². The summed E-state index contributed by atoms with van der Waals surface area (Å²) in [5, 5.41) is 0.631. The van der Waals surface area contributed by atoms with Crippen LogP contribution in [0.3, 0.4) is 0 Å². The van der Waals surface area contributed by atoms with Crippen molar-refractivity contribution in [2.24, 2.45) is 4.99 Å². The number of anilines is 1. The zero-order valence-corrected chi connectivity index (χ0v) is 20.8. The first kappa shape index (κ1) is 23.6. The largest absolute Gasteiger partial charge is 0.493 e. The van der Waals surface area contributed by atoms with Crippen molar-refractivity contribution in [2.45, 2.75) is 33.8 Å². The Labute approximate surface area is 205 Å². The number of hydrogen-bond donors (Lipinski definition) is 0.